The van der Waals surface area contributed by atoms with Crippen LogP contribution in [0.25, 0.3) is 0 Å². The third kappa shape index (κ3) is 3.60. The number of aromatic nitrogens is 1. The molecule has 2 aromatic heterocycles. The number of hydrogen-bond donors (Lipinski definition) is 0. The average Bonchev–Trinajstić information content (AvgIpc) is 3.23. The Hall–Kier alpha value is -2.95. The van der Waals surface area contributed by atoms with Crippen LogP contribution in [0.1, 0.15) is 27.5 Å². The van der Waals surface area contributed by atoms with Crippen molar-refractivity contribution in [1.82, 2.24) is 4.57 Å². The lowest BCUT2D eigenvalue weighted by molar-refractivity contribution is 0.0918. The van der Waals surface area contributed by atoms with Gasteiger partial charge in [-0.1, -0.05) is 12.1 Å². The summed E-state index contributed by atoms with van der Waals surface area (Å²) in [6, 6.07) is 13.0. The highest BCUT2D eigenvalue weighted by molar-refractivity contribution is 5.98. The molecule has 0 saturated heterocycles. The Morgan fingerprint density at radius 3 is 2.56 bits per heavy atom. The zero-order chi connectivity index (χ0) is 17.8. The van der Waals surface area contributed by atoms with Gasteiger partial charge < -0.3 is 18.5 Å². The summed E-state index contributed by atoms with van der Waals surface area (Å²) in [6.45, 7) is 4.48. The summed E-state index contributed by atoms with van der Waals surface area (Å²) in [5, 5.41) is 0. The van der Waals surface area contributed by atoms with Crippen molar-refractivity contribution in [1.29, 1.82) is 0 Å². The lowest BCUT2D eigenvalue weighted by Crippen LogP contribution is -2.13. The van der Waals surface area contributed by atoms with E-state index in [1.807, 2.05) is 44.2 Å². The quantitative estimate of drug-likeness (QED) is 0.610. The molecular weight excluding hydrogens is 318 g/mol. The SMILES string of the molecule is COc1ccccc1OCC(=O)c1cc(C)n(Cc2ccco2)c1C. The van der Waals surface area contributed by atoms with Crippen LogP contribution in [0.4, 0.5) is 0 Å². The number of furan rings is 1. The summed E-state index contributed by atoms with van der Waals surface area (Å²) in [4.78, 5) is 12.6. The Labute approximate surface area is 146 Å². The van der Waals surface area contributed by atoms with Gasteiger partial charge >= 0.3 is 0 Å². The predicted molar refractivity (Wildman–Crippen MR) is 94.5 cm³/mol. The van der Waals surface area contributed by atoms with Crippen molar-refractivity contribution in [2.24, 2.45) is 0 Å². The highest BCUT2D eigenvalue weighted by Crippen LogP contribution is 2.26. The number of Topliss-reactive ketones (excluding diaryl/α,β-unsaturated/α-hetero) is 1. The Morgan fingerprint density at radius 2 is 1.88 bits per heavy atom. The predicted octanol–water partition coefficient (Wildman–Crippen LogP) is 4.02. The number of hydrogen-bond acceptors (Lipinski definition) is 4. The molecule has 2 heterocycles. The summed E-state index contributed by atoms with van der Waals surface area (Å²) in [5.74, 6) is 1.96. The first-order chi connectivity index (χ1) is 12.1. The fraction of sp³-hybridized carbons (Fsp3) is 0.250. The Morgan fingerprint density at radius 1 is 1.12 bits per heavy atom. The molecule has 0 radical (unpaired) electrons. The number of carbonyl (C=O) groups is 1. The minimum atomic E-state index is -0.0651. The number of para-hydroxylation sites is 2. The topological polar surface area (TPSA) is 53.6 Å². The van der Waals surface area contributed by atoms with E-state index in [1.54, 1.807) is 25.5 Å². The third-order valence-electron chi connectivity index (χ3n) is 4.20. The standard InChI is InChI=1S/C20H21NO4/c1-14-11-17(15(2)21(14)12-16-7-6-10-24-16)18(22)13-25-20-9-5-4-8-19(20)23-3/h4-11H,12-13H2,1-3H3. The maximum Gasteiger partial charge on any atom is 0.202 e. The van der Waals surface area contributed by atoms with Crippen molar-refractivity contribution in [3.63, 3.8) is 0 Å². The van der Waals surface area contributed by atoms with Gasteiger partial charge in [-0.3, -0.25) is 4.79 Å². The summed E-state index contributed by atoms with van der Waals surface area (Å²) in [7, 11) is 1.58. The third-order valence-corrected chi connectivity index (χ3v) is 4.20. The molecule has 1 aromatic carbocycles. The van der Waals surface area contributed by atoms with Gasteiger partial charge in [-0.15, -0.1) is 0 Å². The second-order valence-electron chi connectivity index (χ2n) is 5.81. The minimum absolute atomic E-state index is 0.0363. The Kier molecular flexibility index (Phi) is 4.93. The number of rotatable bonds is 7. The van der Waals surface area contributed by atoms with Crippen LogP contribution >= 0.6 is 0 Å². The van der Waals surface area contributed by atoms with Gasteiger partial charge in [-0.25, -0.2) is 0 Å². The summed E-state index contributed by atoms with van der Waals surface area (Å²) in [5.41, 5.74) is 2.58. The molecule has 0 fully saturated rings. The van der Waals surface area contributed by atoms with Crippen molar-refractivity contribution < 1.29 is 18.7 Å². The molecule has 0 spiro atoms. The van der Waals surface area contributed by atoms with Crippen LogP contribution < -0.4 is 9.47 Å². The number of ketones is 1. The molecule has 0 aliphatic carbocycles. The Bertz CT molecular complexity index is 862. The summed E-state index contributed by atoms with van der Waals surface area (Å²) in [6.07, 6.45) is 1.65. The van der Waals surface area contributed by atoms with E-state index in [4.69, 9.17) is 13.9 Å². The first-order valence-electron chi connectivity index (χ1n) is 8.08. The van der Waals surface area contributed by atoms with E-state index in [0.29, 0.717) is 23.6 Å². The molecule has 0 amide bonds. The largest absolute Gasteiger partial charge is 0.493 e. The van der Waals surface area contributed by atoms with E-state index in [1.165, 1.54) is 0 Å². The van der Waals surface area contributed by atoms with Crippen LogP contribution in [0.3, 0.4) is 0 Å². The molecule has 5 heteroatoms. The molecule has 3 aromatic rings. The average molecular weight is 339 g/mol. The van der Waals surface area contributed by atoms with Gasteiger partial charge in [-0.2, -0.15) is 0 Å². The molecule has 0 saturated carbocycles. The second kappa shape index (κ2) is 7.30. The number of nitrogens with zero attached hydrogens (tertiary/aromatic N) is 1. The maximum absolute atomic E-state index is 12.6. The number of methoxy groups -OCH3 is 1. The number of carbonyl (C=O) groups excluding carboxylic acids is 1. The molecule has 0 aliphatic heterocycles. The van der Waals surface area contributed by atoms with Crippen LogP contribution in [-0.4, -0.2) is 24.1 Å². The van der Waals surface area contributed by atoms with Crippen LogP contribution in [0.15, 0.2) is 53.1 Å². The van der Waals surface area contributed by atoms with Crippen molar-refractivity contribution in [3.05, 3.63) is 71.4 Å². The van der Waals surface area contributed by atoms with Crippen LogP contribution in [-0.2, 0) is 6.54 Å². The van der Waals surface area contributed by atoms with E-state index in [-0.39, 0.29) is 12.4 Å². The molecule has 0 atom stereocenters. The number of ether oxygens (including phenoxy) is 2. The maximum atomic E-state index is 12.6. The van der Waals surface area contributed by atoms with E-state index in [0.717, 1.165) is 17.1 Å². The molecule has 0 N–H and O–H groups in total. The summed E-state index contributed by atoms with van der Waals surface area (Å²) < 4.78 is 18.4. The number of aryl methyl sites for hydroxylation is 1. The highest BCUT2D eigenvalue weighted by atomic mass is 16.5. The molecule has 3 rings (SSSR count). The van der Waals surface area contributed by atoms with Crippen molar-refractivity contribution in [2.75, 3.05) is 13.7 Å². The van der Waals surface area contributed by atoms with E-state index in [9.17, 15) is 4.79 Å². The molecule has 0 unspecified atom stereocenters. The smallest absolute Gasteiger partial charge is 0.202 e. The second-order valence-corrected chi connectivity index (χ2v) is 5.81. The van der Waals surface area contributed by atoms with E-state index in [2.05, 4.69) is 4.57 Å². The van der Waals surface area contributed by atoms with Gasteiger partial charge in [0.25, 0.3) is 0 Å². The normalized spacial score (nSPS) is 10.7. The zero-order valence-corrected chi connectivity index (χ0v) is 14.6. The molecule has 0 aliphatic rings. The Balaban J connectivity index is 1.74. The van der Waals surface area contributed by atoms with E-state index < -0.39 is 0 Å². The van der Waals surface area contributed by atoms with Crippen LogP contribution in [0, 0.1) is 13.8 Å². The van der Waals surface area contributed by atoms with Crippen molar-refractivity contribution in [3.8, 4) is 11.5 Å². The zero-order valence-electron chi connectivity index (χ0n) is 14.6. The molecule has 5 nitrogen and oxygen atoms in total. The minimum Gasteiger partial charge on any atom is -0.493 e. The van der Waals surface area contributed by atoms with Crippen molar-refractivity contribution >= 4 is 5.78 Å². The van der Waals surface area contributed by atoms with Crippen LogP contribution in [0.2, 0.25) is 0 Å². The van der Waals surface area contributed by atoms with Gasteiger partial charge in [-0.05, 0) is 44.2 Å². The van der Waals surface area contributed by atoms with E-state index >= 15 is 0 Å². The molecular formula is C20H21NO4. The molecule has 25 heavy (non-hydrogen) atoms. The lowest BCUT2D eigenvalue weighted by atomic mass is 10.1. The van der Waals surface area contributed by atoms with Gasteiger partial charge in [0.2, 0.25) is 5.78 Å². The highest BCUT2D eigenvalue weighted by Gasteiger charge is 2.17. The first kappa shape index (κ1) is 16.9. The van der Waals surface area contributed by atoms with Crippen LogP contribution in [0.5, 0.6) is 11.5 Å². The van der Waals surface area contributed by atoms with Gasteiger partial charge in [0.1, 0.15) is 5.76 Å². The molecule has 130 valence electrons. The van der Waals surface area contributed by atoms with Crippen molar-refractivity contribution in [2.45, 2.75) is 20.4 Å². The summed E-state index contributed by atoms with van der Waals surface area (Å²) >= 11 is 0. The van der Waals surface area contributed by atoms with Gasteiger partial charge in [0.05, 0.1) is 19.9 Å². The fourth-order valence-electron chi connectivity index (χ4n) is 2.84. The number of benzene rings is 1. The van der Waals surface area contributed by atoms with Gasteiger partial charge in [0.15, 0.2) is 18.1 Å². The van der Waals surface area contributed by atoms with Gasteiger partial charge in [0, 0.05) is 17.0 Å². The molecule has 0 bridgehead atoms. The monoisotopic (exact) mass is 339 g/mol. The first-order valence-corrected chi connectivity index (χ1v) is 8.08. The fourth-order valence-corrected chi connectivity index (χ4v) is 2.84. The lowest BCUT2D eigenvalue weighted by Gasteiger charge is -2.10.